The second kappa shape index (κ2) is 11.1. The number of carbonyl (C=O) groups excluding carboxylic acids is 2. The summed E-state index contributed by atoms with van der Waals surface area (Å²) in [6.45, 7) is 0. The number of aryl methyl sites for hydroxylation is 1. The lowest BCUT2D eigenvalue weighted by atomic mass is 10.0. The van der Waals surface area contributed by atoms with Gasteiger partial charge in [-0.15, -0.1) is 0 Å². The zero-order valence-corrected chi connectivity index (χ0v) is 28.5. The third-order valence-electron chi connectivity index (χ3n) is 8.14. The molecule has 1 unspecified atom stereocenters. The standard InChI is InChI=1S/C28H22N4O14S4/c1-31-7-3-4-19(31)27(33)32(2)20-10-15-9-17(11-22(48(38,39)40)18(15)13-23(20)49(41,42)43)30-28(34)29-16-8-14-5-6-21(47(35,36)37)26(32)25(14)24(12-16)50(44,45)46/h3-13H,1-2H3,(H5-,29,30,34,35,36,37,38,39,40,41,42,43,44,45,46)/p+1. The van der Waals surface area contributed by atoms with Crippen molar-refractivity contribution in [2.75, 3.05) is 17.7 Å². The van der Waals surface area contributed by atoms with Crippen LogP contribution in [0.25, 0.3) is 21.5 Å². The lowest BCUT2D eigenvalue weighted by molar-refractivity contribution is 0.0848. The molecule has 0 saturated heterocycles. The third-order valence-corrected chi connectivity index (χ3v) is 11.7. The Hall–Kier alpha value is -4.78. The average molecular weight is 768 g/mol. The highest BCUT2D eigenvalue weighted by Crippen LogP contribution is 2.50. The van der Waals surface area contributed by atoms with E-state index in [2.05, 4.69) is 10.6 Å². The van der Waals surface area contributed by atoms with Crippen LogP contribution in [0.4, 0.5) is 27.5 Å². The van der Waals surface area contributed by atoms with Crippen LogP contribution < -0.4 is 15.1 Å². The molecule has 5 aromatic rings. The van der Waals surface area contributed by atoms with Crippen LogP contribution in [0.5, 0.6) is 0 Å². The quantitative estimate of drug-likeness (QED) is 0.110. The molecule has 7 rings (SSSR count). The number of rotatable bonds is 5. The Morgan fingerprint density at radius 1 is 0.680 bits per heavy atom. The Morgan fingerprint density at radius 3 is 1.74 bits per heavy atom. The van der Waals surface area contributed by atoms with Gasteiger partial charge in [-0.05, 0) is 59.3 Å². The SMILES string of the molecule is Cn1cccc1C(=O)[N+]1(C)c2cc3cc(cc(S(=O)(=O)O)c3cc2S(=O)(=O)O)NC(=O)Nc2cc(S(=O)(=O)O)c3c1c(S(=O)(=O)O)ccc3c2. The van der Waals surface area contributed by atoms with Gasteiger partial charge in [0.2, 0.25) is 0 Å². The number of nitrogens with one attached hydrogen (secondary N) is 2. The zero-order chi connectivity index (χ0) is 36.9. The van der Waals surface area contributed by atoms with E-state index in [4.69, 9.17) is 0 Å². The summed E-state index contributed by atoms with van der Waals surface area (Å²) in [6, 6.07) is 8.25. The number of amides is 3. The first kappa shape index (κ1) is 35.1. The predicted octanol–water partition coefficient (Wildman–Crippen LogP) is 3.38. The maximum atomic E-state index is 14.9. The highest BCUT2D eigenvalue weighted by molar-refractivity contribution is 7.87. The maximum Gasteiger partial charge on any atom is 0.372 e. The summed E-state index contributed by atoms with van der Waals surface area (Å²) >= 11 is 0. The normalized spacial score (nSPS) is 17.0. The van der Waals surface area contributed by atoms with Gasteiger partial charge in [0.05, 0.1) is 12.4 Å². The van der Waals surface area contributed by atoms with Crippen molar-refractivity contribution in [1.82, 2.24) is 9.05 Å². The Morgan fingerprint density at radius 2 is 1.22 bits per heavy atom. The Kier molecular flexibility index (Phi) is 7.79. The van der Waals surface area contributed by atoms with E-state index in [9.17, 15) is 61.5 Å². The first-order chi connectivity index (χ1) is 22.9. The van der Waals surface area contributed by atoms with E-state index >= 15 is 0 Å². The summed E-state index contributed by atoms with van der Waals surface area (Å²) in [5.74, 6) is -1.20. The molecular weight excluding hydrogens is 745 g/mol. The van der Waals surface area contributed by atoms with Gasteiger partial charge in [0, 0.05) is 36.1 Å². The molecule has 2 aliphatic heterocycles. The van der Waals surface area contributed by atoms with E-state index < -0.39 is 98.6 Å². The van der Waals surface area contributed by atoms with Crippen molar-refractivity contribution in [3.63, 3.8) is 0 Å². The van der Waals surface area contributed by atoms with Crippen LogP contribution in [0, 0.1) is 0 Å². The molecule has 4 aromatic carbocycles. The van der Waals surface area contributed by atoms with Crippen LogP contribution in [-0.4, -0.2) is 75.4 Å². The zero-order valence-electron chi connectivity index (χ0n) is 25.2. The molecule has 50 heavy (non-hydrogen) atoms. The molecule has 7 bridgehead atoms. The lowest BCUT2D eigenvalue weighted by Gasteiger charge is -2.34. The van der Waals surface area contributed by atoms with Crippen LogP contribution in [0.2, 0.25) is 0 Å². The van der Waals surface area contributed by atoms with Crippen LogP contribution in [0.3, 0.4) is 0 Å². The van der Waals surface area contributed by atoms with E-state index in [1.807, 2.05) is 0 Å². The lowest BCUT2D eigenvalue weighted by Crippen LogP contribution is -2.48. The fourth-order valence-electron chi connectivity index (χ4n) is 6.04. The number of nitrogens with zero attached hydrogens (tertiary/aromatic N) is 2. The third kappa shape index (κ3) is 5.70. The maximum absolute atomic E-state index is 14.9. The minimum atomic E-state index is -5.56. The topological polar surface area (TPSA) is 281 Å². The van der Waals surface area contributed by atoms with Gasteiger partial charge in [0.15, 0.2) is 21.2 Å². The van der Waals surface area contributed by atoms with Crippen molar-refractivity contribution >= 4 is 96.7 Å². The summed E-state index contributed by atoms with van der Waals surface area (Å²) in [6.07, 6.45) is 1.38. The van der Waals surface area contributed by atoms with Gasteiger partial charge in [0.25, 0.3) is 20.2 Å². The van der Waals surface area contributed by atoms with Crippen molar-refractivity contribution < 1.29 is 61.5 Å². The molecule has 18 nitrogen and oxygen atoms in total. The van der Waals surface area contributed by atoms with Gasteiger partial charge in [-0.25, -0.2) is 9.59 Å². The number of urea groups is 1. The summed E-state index contributed by atoms with van der Waals surface area (Å²) in [7, 11) is -19.4. The van der Waals surface area contributed by atoms with Crippen molar-refractivity contribution in [2.24, 2.45) is 7.05 Å². The van der Waals surface area contributed by atoms with E-state index in [1.54, 1.807) is 0 Å². The minimum Gasteiger partial charge on any atom is -0.343 e. The molecule has 3 amide bonds. The fraction of sp³-hybridized carbons (Fsp3) is 0.0714. The van der Waals surface area contributed by atoms with Gasteiger partial charge in [-0.2, -0.15) is 38.2 Å². The monoisotopic (exact) mass is 767 g/mol. The van der Waals surface area contributed by atoms with Crippen LogP contribution >= 0.6 is 0 Å². The number of fused-ring (bicyclic) bond motifs is 3. The Balaban J connectivity index is 2.02. The van der Waals surface area contributed by atoms with Crippen molar-refractivity contribution in [3.8, 4) is 0 Å². The summed E-state index contributed by atoms with van der Waals surface area (Å²) in [4.78, 5) is 23.5. The Labute approximate surface area is 283 Å². The first-order valence-electron chi connectivity index (χ1n) is 13.7. The molecule has 0 radical (unpaired) electrons. The van der Waals surface area contributed by atoms with Gasteiger partial charge in [-0.3, -0.25) is 18.2 Å². The van der Waals surface area contributed by atoms with Crippen LogP contribution in [0.1, 0.15) is 10.5 Å². The molecule has 1 atom stereocenters. The summed E-state index contributed by atoms with van der Waals surface area (Å²) < 4.78 is 145. The second-order valence-corrected chi connectivity index (χ2v) is 16.9. The second-order valence-electron chi connectivity index (χ2n) is 11.3. The number of benzene rings is 4. The fourth-order valence-corrected chi connectivity index (χ4v) is 9.06. The molecule has 22 heteroatoms. The molecule has 0 spiro atoms. The van der Waals surface area contributed by atoms with E-state index in [-0.39, 0.29) is 27.8 Å². The van der Waals surface area contributed by atoms with E-state index in [1.165, 1.54) is 29.9 Å². The van der Waals surface area contributed by atoms with Gasteiger partial charge in [-0.1, -0.05) is 6.07 Å². The smallest absolute Gasteiger partial charge is 0.343 e. The first-order valence-corrected chi connectivity index (χ1v) is 19.4. The molecule has 6 N–H and O–H groups in total. The van der Waals surface area contributed by atoms with E-state index in [0.29, 0.717) is 12.1 Å². The van der Waals surface area contributed by atoms with Crippen molar-refractivity contribution in [1.29, 1.82) is 0 Å². The van der Waals surface area contributed by atoms with Gasteiger partial charge < -0.3 is 15.2 Å². The van der Waals surface area contributed by atoms with Crippen LogP contribution in [-0.2, 0) is 47.5 Å². The molecule has 3 heterocycles. The minimum absolute atomic E-state index is 0.263. The number of quaternary nitrogens is 1. The molecule has 0 aliphatic carbocycles. The number of aromatic nitrogens is 1. The average Bonchev–Trinajstić information content (AvgIpc) is 3.41. The Bertz CT molecular complexity index is 2830. The molecule has 2 aliphatic rings. The van der Waals surface area contributed by atoms with Crippen LogP contribution in [0.15, 0.2) is 86.4 Å². The van der Waals surface area contributed by atoms with E-state index in [0.717, 1.165) is 43.4 Å². The number of anilines is 2. The number of hydrogen-bond acceptors (Lipinski definition) is 10. The molecular formula is C28H23N4O14S4+. The highest BCUT2D eigenvalue weighted by Gasteiger charge is 2.49. The van der Waals surface area contributed by atoms with Crippen molar-refractivity contribution in [2.45, 2.75) is 19.6 Å². The van der Waals surface area contributed by atoms with Crippen molar-refractivity contribution in [3.05, 3.63) is 72.6 Å². The predicted molar refractivity (Wildman–Crippen MR) is 177 cm³/mol. The molecule has 1 aromatic heterocycles. The van der Waals surface area contributed by atoms with Gasteiger partial charge in [0.1, 0.15) is 15.5 Å². The molecule has 262 valence electrons. The largest absolute Gasteiger partial charge is 0.372 e. The molecule has 0 fully saturated rings. The number of carbonyl (C=O) groups is 2. The summed E-state index contributed by atoms with van der Waals surface area (Å²) in [5.41, 5.74) is -2.75. The molecule has 0 saturated carbocycles. The van der Waals surface area contributed by atoms with Gasteiger partial charge >= 0.3 is 32.2 Å². The number of hydrogen-bond donors (Lipinski definition) is 6. The highest BCUT2D eigenvalue weighted by atomic mass is 32.2. The summed E-state index contributed by atoms with van der Waals surface area (Å²) in [5, 5.41) is 2.70.